The lowest BCUT2D eigenvalue weighted by molar-refractivity contribution is 0.0827. The summed E-state index contributed by atoms with van der Waals surface area (Å²) in [6.07, 6.45) is 5.51. The highest BCUT2D eigenvalue weighted by Crippen LogP contribution is 2.41. The van der Waals surface area contributed by atoms with Gasteiger partial charge in [0.2, 0.25) is 0 Å². The first-order valence-electron chi connectivity index (χ1n) is 9.77. The Labute approximate surface area is 167 Å². The van der Waals surface area contributed by atoms with Gasteiger partial charge in [-0.3, -0.25) is 4.79 Å². The fraction of sp³-hybridized carbons (Fsp3) is 0.545. The van der Waals surface area contributed by atoms with E-state index in [2.05, 4.69) is 49.9 Å². The number of carbonyl (C=O) groups is 1. The number of anilines is 1. The molecule has 0 saturated heterocycles. The molecule has 0 fully saturated rings. The van der Waals surface area contributed by atoms with E-state index < -0.39 is 0 Å². The topological polar surface area (TPSA) is 71.0 Å². The molecule has 1 amide bonds. The molecule has 1 aliphatic carbocycles. The quantitative estimate of drug-likeness (QED) is 0.870. The Morgan fingerprint density at radius 1 is 1.18 bits per heavy atom. The minimum atomic E-state index is -0.0735. The summed E-state index contributed by atoms with van der Waals surface area (Å²) in [5.41, 5.74) is 2.90. The molecule has 150 valence electrons. The van der Waals surface area contributed by atoms with Crippen LogP contribution in [0.25, 0.3) is 0 Å². The average Bonchev–Trinajstić information content (AvgIpc) is 2.59. The van der Waals surface area contributed by atoms with Crippen LogP contribution < -0.4 is 5.32 Å². The first-order valence-corrected chi connectivity index (χ1v) is 9.77. The zero-order valence-corrected chi connectivity index (χ0v) is 18.0. The van der Waals surface area contributed by atoms with Crippen LogP contribution in [0.2, 0.25) is 0 Å². The van der Waals surface area contributed by atoms with Crippen molar-refractivity contribution in [3.05, 3.63) is 47.2 Å². The van der Waals surface area contributed by atoms with Gasteiger partial charge in [-0.05, 0) is 30.4 Å². The second-order valence-electron chi connectivity index (χ2n) is 9.72. The molecule has 0 aliphatic heterocycles. The maximum Gasteiger partial charge on any atom is 0.254 e. The minimum absolute atomic E-state index is 0.0497. The number of aromatic nitrogens is 3. The third kappa shape index (κ3) is 4.32. The van der Waals surface area contributed by atoms with E-state index in [-0.39, 0.29) is 22.8 Å². The van der Waals surface area contributed by atoms with Crippen LogP contribution in [0.15, 0.2) is 24.5 Å². The van der Waals surface area contributed by atoms with Crippen LogP contribution in [0.5, 0.6) is 0 Å². The maximum atomic E-state index is 12.1. The van der Waals surface area contributed by atoms with E-state index in [9.17, 15) is 4.79 Å². The second-order valence-corrected chi connectivity index (χ2v) is 9.72. The van der Waals surface area contributed by atoms with Gasteiger partial charge in [-0.15, -0.1) is 0 Å². The summed E-state index contributed by atoms with van der Waals surface area (Å²) in [6, 6.07) is 3.77. The molecule has 0 spiro atoms. The molecular weight excluding hydrogens is 350 g/mol. The predicted molar refractivity (Wildman–Crippen MR) is 111 cm³/mol. The lowest BCUT2D eigenvalue weighted by Gasteiger charge is -2.37. The molecule has 0 saturated carbocycles. The number of carbonyl (C=O) groups excluding carboxylic acids is 1. The highest BCUT2D eigenvalue weighted by atomic mass is 16.2. The van der Waals surface area contributed by atoms with Gasteiger partial charge in [0.1, 0.15) is 11.6 Å². The van der Waals surface area contributed by atoms with Gasteiger partial charge in [0.15, 0.2) is 0 Å². The maximum absolute atomic E-state index is 12.1. The molecular formula is C22H31N5O. The standard InChI is InChI=1S/C22H31N5O/c1-21(2,3)20-24-13-15-16(10-22(4,5)11-17(15)26-20)25-18-9-8-14(12-23-18)19(28)27(6)7/h8-9,12-13,16H,10-11H2,1-7H3,(H,23,25)/t16-/m1/s1. The van der Waals surface area contributed by atoms with Crippen molar-refractivity contribution in [2.75, 3.05) is 19.4 Å². The summed E-state index contributed by atoms with van der Waals surface area (Å²) in [5, 5.41) is 3.53. The number of fused-ring (bicyclic) bond motifs is 1. The summed E-state index contributed by atoms with van der Waals surface area (Å²) in [5.74, 6) is 1.59. The van der Waals surface area contributed by atoms with Crippen molar-refractivity contribution in [1.82, 2.24) is 19.9 Å². The van der Waals surface area contributed by atoms with Gasteiger partial charge >= 0.3 is 0 Å². The van der Waals surface area contributed by atoms with Gasteiger partial charge < -0.3 is 10.2 Å². The van der Waals surface area contributed by atoms with Crippen molar-refractivity contribution in [2.45, 2.75) is 58.9 Å². The molecule has 0 aromatic carbocycles. The number of hydrogen-bond donors (Lipinski definition) is 1. The Kier molecular flexibility index (Phi) is 5.17. The Morgan fingerprint density at radius 2 is 1.89 bits per heavy atom. The Balaban J connectivity index is 1.88. The lowest BCUT2D eigenvalue weighted by atomic mass is 9.74. The van der Waals surface area contributed by atoms with Crippen LogP contribution in [0, 0.1) is 5.41 Å². The molecule has 0 bridgehead atoms. The van der Waals surface area contributed by atoms with Crippen molar-refractivity contribution in [3.8, 4) is 0 Å². The van der Waals surface area contributed by atoms with Gasteiger partial charge in [0, 0.05) is 43.2 Å². The molecule has 28 heavy (non-hydrogen) atoms. The van der Waals surface area contributed by atoms with Crippen LogP contribution in [0.1, 0.15) is 74.5 Å². The van der Waals surface area contributed by atoms with Gasteiger partial charge in [-0.1, -0.05) is 34.6 Å². The SMILES string of the molecule is CN(C)C(=O)c1ccc(N[C@@H]2CC(C)(C)Cc3nc(C(C)(C)C)ncc32)nc1. The van der Waals surface area contributed by atoms with E-state index in [0.29, 0.717) is 5.56 Å². The largest absolute Gasteiger partial charge is 0.363 e. The van der Waals surface area contributed by atoms with Gasteiger partial charge in [0.05, 0.1) is 11.6 Å². The van der Waals surface area contributed by atoms with E-state index in [1.807, 2.05) is 18.3 Å². The van der Waals surface area contributed by atoms with Crippen LogP contribution in [-0.2, 0) is 11.8 Å². The smallest absolute Gasteiger partial charge is 0.254 e. The highest BCUT2D eigenvalue weighted by molar-refractivity contribution is 5.93. The number of hydrogen-bond acceptors (Lipinski definition) is 5. The van der Waals surface area contributed by atoms with Crippen molar-refractivity contribution < 1.29 is 4.79 Å². The Morgan fingerprint density at radius 3 is 2.46 bits per heavy atom. The third-order valence-electron chi connectivity index (χ3n) is 5.09. The highest BCUT2D eigenvalue weighted by Gasteiger charge is 2.34. The summed E-state index contributed by atoms with van der Waals surface area (Å²) < 4.78 is 0. The van der Waals surface area contributed by atoms with Crippen LogP contribution >= 0.6 is 0 Å². The molecule has 2 aromatic heterocycles. The molecule has 3 rings (SSSR count). The van der Waals surface area contributed by atoms with E-state index in [1.54, 1.807) is 25.2 Å². The summed E-state index contributed by atoms with van der Waals surface area (Å²) >= 11 is 0. The summed E-state index contributed by atoms with van der Waals surface area (Å²) in [7, 11) is 3.47. The average molecular weight is 382 g/mol. The van der Waals surface area contributed by atoms with Crippen molar-refractivity contribution in [2.24, 2.45) is 5.41 Å². The van der Waals surface area contributed by atoms with Crippen molar-refractivity contribution >= 4 is 11.7 Å². The first-order chi connectivity index (χ1) is 13.0. The lowest BCUT2D eigenvalue weighted by Crippen LogP contribution is -2.32. The first kappa shape index (κ1) is 20.2. The minimum Gasteiger partial charge on any atom is -0.363 e. The molecule has 1 aliphatic rings. The van der Waals surface area contributed by atoms with E-state index in [0.717, 1.165) is 35.7 Å². The normalized spacial score (nSPS) is 18.3. The van der Waals surface area contributed by atoms with E-state index in [1.165, 1.54) is 0 Å². The number of rotatable bonds is 3. The van der Waals surface area contributed by atoms with Gasteiger partial charge in [-0.25, -0.2) is 15.0 Å². The zero-order valence-electron chi connectivity index (χ0n) is 18.0. The molecule has 0 unspecified atom stereocenters. The fourth-order valence-corrected chi connectivity index (χ4v) is 3.58. The van der Waals surface area contributed by atoms with Crippen molar-refractivity contribution in [1.29, 1.82) is 0 Å². The van der Waals surface area contributed by atoms with Crippen LogP contribution in [0.4, 0.5) is 5.82 Å². The zero-order chi connectivity index (χ0) is 20.7. The summed E-state index contributed by atoms with van der Waals surface area (Å²) in [4.78, 5) is 27.6. The molecule has 2 heterocycles. The Hall–Kier alpha value is -2.50. The fourth-order valence-electron chi connectivity index (χ4n) is 3.58. The molecule has 0 radical (unpaired) electrons. The third-order valence-corrected chi connectivity index (χ3v) is 5.09. The number of nitrogens with zero attached hydrogens (tertiary/aromatic N) is 4. The number of pyridine rings is 1. The number of amides is 1. The summed E-state index contributed by atoms with van der Waals surface area (Å²) in [6.45, 7) is 11.0. The van der Waals surface area contributed by atoms with Gasteiger partial charge in [-0.2, -0.15) is 0 Å². The number of nitrogens with one attached hydrogen (secondary N) is 1. The molecule has 2 aromatic rings. The van der Waals surface area contributed by atoms with Gasteiger partial charge in [0.25, 0.3) is 5.91 Å². The molecule has 6 nitrogen and oxygen atoms in total. The van der Waals surface area contributed by atoms with Crippen LogP contribution in [0.3, 0.4) is 0 Å². The molecule has 6 heteroatoms. The van der Waals surface area contributed by atoms with Crippen molar-refractivity contribution in [3.63, 3.8) is 0 Å². The second kappa shape index (κ2) is 7.15. The Bertz CT molecular complexity index is 865. The molecule has 1 atom stereocenters. The predicted octanol–water partition coefficient (Wildman–Crippen LogP) is 4.00. The molecule has 1 N–H and O–H groups in total. The monoisotopic (exact) mass is 381 g/mol. The van der Waals surface area contributed by atoms with E-state index in [4.69, 9.17) is 4.98 Å². The van der Waals surface area contributed by atoms with E-state index >= 15 is 0 Å². The van der Waals surface area contributed by atoms with Crippen LogP contribution in [-0.4, -0.2) is 39.9 Å².